The van der Waals surface area contributed by atoms with Crippen molar-refractivity contribution in [2.45, 2.75) is 46.0 Å². The lowest BCUT2D eigenvalue weighted by Crippen LogP contribution is -2.42. The van der Waals surface area contributed by atoms with E-state index in [0.29, 0.717) is 12.8 Å². The predicted molar refractivity (Wildman–Crippen MR) is 65.6 cm³/mol. The van der Waals surface area contributed by atoms with Crippen molar-refractivity contribution < 1.29 is 19.1 Å². The van der Waals surface area contributed by atoms with Gasteiger partial charge in [0.25, 0.3) is 0 Å². The second-order valence-corrected chi connectivity index (χ2v) is 4.47. The summed E-state index contributed by atoms with van der Waals surface area (Å²) in [5.74, 6) is 4.16. The molecule has 1 rings (SSSR count). The highest BCUT2D eigenvalue weighted by atomic mass is 16.5. The van der Waals surface area contributed by atoms with Gasteiger partial charge in [-0.25, -0.2) is 0 Å². The molecule has 1 saturated carbocycles. The monoisotopic (exact) mass is 250 g/mol. The maximum Gasteiger partial charge on any atom is 0.320 e. The minimum atomic E-state index is -1.14. The number of ketones is 2. The van der Waals surface area contributed by atoms with Crippen molar-refractivity contribution >= 4 is 17.5 Å². The number of esters is 1. The van der Waals surface area contributed by atoms with Gasteiger partial charge in [0.2, 0.25) is 5.78 Å². The summed E-state index contributed by atoms with van der Waals surface area (Å²) in [6.07, 6.45) is 2.56. The van der Waals surface area contributed by atoms with E-state index in [2.05, 4.69) is 11.8 Å². The van der Waals surface area contributed by atoms with E-state index in [-0.39, 0.29) is 24.6 Å². The van der Waals surface area contributed by atoms with Gasteiger partial charge < -0.3 is 4.74 Å². The molecule has 1 aliphatic rings. The van der Waals surface area contributed by atoms with Crippen LogP contribution >= 0.6 is 0 Å². The zero-order valence-corrected chi connectivity index (χ0v) is 10.9. The smallest absolute Gasteiger partial charge is 0.320 e. The fourth-order valence-electron chi connectivity index (χ4n) is 2.15. The average Bonchev–Trinajstić information content (AvgIpc) is 2.31. The number of Topliss-reactive ketones (excluding diaryl/α,β-unsaturated/α-hetero) is 2. The quantitative estimate of drug-likeness (QED) is 0.331. The van der Waals surface area contributed by atoms with Crippen LogP contribution in [0.15, 0.2) is 0 Å². The highest BCUT2D eigenvalue weighted by Gasteiger charge is 2.47. The molecule has 0 amide bonds. The molecule has 0 N–H and O–H groups in total. The highest BCUT2D eigenvalue weighted by Crippen LogP contribution is 2.37. The standard InChI is InChI=1S/C14H18O4/c1-3-18-13(17)14(10-6-7-11(2)15)9-5-4-8-12(14)16/h3-5,8-10H2,1-2H3. The lowest BCUT2D eigenvalue weighted by atomic mass is 9.71. The van der Waals surface area contributed by atoms with Gasteiger partial charge in [-0.2, -0.15) is 0 Å². The predicted octanol–water partition coefficient (Wildman–Crippen LogP) is 1.66. The van der Waals surface area contributed by atoms with E-state index < -0.39 is 11.4 Å². The first kappa shape index (κ1) is 14.4. The molecule has 1 aliphatic carbocycles. The summed E-state index contributed by atoms with van der Waals surface area (Å²) in [6, 6.07) is 0. The molecule has 0 aromatic rings. The summed E-state index contributed by atoms with van der Waals surface area (Å²) < 4.78 is 5.00. The molecule has 0 radical (unpaired) electrons. The molecule has 0 heterocycles. The fraction of sp³-hybridized carbons (Fsp3) is 0.643. The summed E-state index contributed by atoms with van der Waals surface area (Å²) in [6.45, 7) is 3.31. The second kappa shape index (κ2) is 6.34. The van der Waals surface area contributed by atoms with Gasteiger partial charge in [0.15, 0.2) is 5.78 Å². The molecule has 4 nitrogen and oxygen atoms in total. The van der Waals surface area contributed by atoms with Crippen LogP contribution in [-0.4, -0.2) is 24.1 Å². The minimum absolute atomic E-state index is 0.0875. The number of rotatable bonds is 3. The Hall–Kier alpha value is -1.63. The van der Waals surface area contributed by atoms with Gasteiger partial charge in [-0.15, -0.1) is 0 Å². The Morgan fingerprint density at radius 1 is 1.39 bits per heavy atom. The van der Waals surface area contributed by atoms with E-state index in [1.807, 2.05) is 0 Å². The SMILES string of the molecule is CCOC(=O)C1(CC#CC(C)=O)CCCCC1=O. The summed E-state index contributed by atoms with van der Waals surface area (Å²) in [4.78, 5) is 34.9. The molecule has 0 bridgehead atoms. The molecule has 0 aromatic carbocycles. The van der Waals surface area contributed by atoms with Crippen LogP contribution in [0.3, 0.4) is 0 Å². The van der Waals surface area contributed by atoms with Crippen molar-refractivity contribution in [3.8, 4) is 11.8 Å². The van der Waals surface area contributed by atoms with Gasteiger partial charge in [0, 0.05) is 19.8 Å². The fourth-order valence-corrected chi connectivity index (χ4v) is 2.15. The van der Waals surface area contributed by atoms with Gasteiger partial charge in [0.1, 0.15) is 5.41 Å². The number of hydrogen-bond acceptors (Lipinski definition) is 4. The highest BCUT2D eigenvalue weighted by molar-refractivity contribution is 6.04. The third-order valence-electron chi connectivity index (χ3n) is 3.11. The normalized spacial score (nSPS) is 22.9. The van der Waals surface area contributed by atoms with Crippen molar-refractivity contribution in [1.29, 1.82) is 0 Å². The first-order valence-electron chi connectivity index (χ1n) is 6.23. The molecule has 1 atom stereocenters. The van der Waals surface area contributed by atoms with Crippen LogP contribution in [0, 0.1) is 17.3 Å². The van der Waals surface area contributed by atoms with E-state index in [9.17, 15) is 14.4 Å². The molecule has 0 aromatic heterocycles. The van der Waals surface area contributed by atoms with E-state index >= 15 is 0 Å². The number of carbonyl (C=O) groups excluding carboxylic acids is 3. The van der Waals surface area contributed by atoms with E-state index in [1.54, 1.807) is 6.92 Å². The molecule has 4 heteroatoms. The van der Waals surface area contributed by atoms with Gasteiger partial charge >= 0.3 is 5.97 Å². The van der Waals surface area contributed by atoms with Gasteiger partial charge in [-0.1, -0.05) is 12.3 Å². The lowest BCUT2D eigenvalue weighted by molar-refractivity contribution is -0.162. The van der Waals surface area contributed by atoms with Crippen LogP contribution in [-0.2, 0) is 19.1 Å². The summed E-state index contributed by atoms with van der Waals surface area (Å²) in [5.41, 5.74) is -1.14. The molecule has 0 saturated heterocycles. The van der Waals surface area contributed by atoms with Crippen LogP contribution < -0.4 is 0 Å². The Morgan fingerprint density at radius 3 is 2.67 bits per heavy atom. The maximum atomic E-state index is 12.1. The number of carbonyl (C=O) groups is 3. The Morgan fingerprint density at radius 2 is 2.11 bits per heavy atom. The Kier molecular flexibility index (Phi) is 5.08. The molecule has 98 valence electrons. The summed E-state index contributed by atoms with van der Waals surface area (Å²) in [7, 11) is 0. The molecule has 1 unspecified atom stereocenters. The zero-order chi connectivity index (χ0) is 13.6. The van der Waals surface area contributed by atoms with Gasteiger partial charge in [-0.3, -0.25) is 14.4 Å². The molecule has 0 spiro atoms. The van der Waals surface area contributed by atoms with Crippen molar-refractivity contribution in [2.24, 2.45) is 5.41 Å². The third-order valence-corrected chi connectivity index (χ3v) is 3.11. The Labute approximate surface area is 107 Å². The first-order chi connectivity index (χ1) is 8.53. The molecular weight excluding hydrogens is 232 g/mol. The van der Waals surface area contributed by atoms with Gasteiger partial charge in [0.05, 0.1) is 6.61 Å². The van der Waals surface area contributed by atoms with Crippen LogP contribution in [0.5, 0.6) is 0 Å². The molecular formula is C14H18O4. The minimum Gasteiger partial charge on any atom is -0.465 e. The largest absolute Gasteiger partial charge is 0.465 e. The lowest BCUT2D eigenvalue weighted by Gasteiger charge is -2.31. The van der Waals surface area contributed by atoms with E-state index in [1.165, 1.54) is 6.92 Å². The molecule has 18 heavy (non-hydrogen) atoms. The Bertz CT molecular complexity index is 413. The third kappa shape index (κ3) is 3.19. The molecule has 0 aliphatic heterocycles. The van der Waals surface area contributed by atoms with Crippen LogP contribution in [0.1, 0.15) is 46.0 Å². The van der Waals surface area contributed by atoms with Crippen LogP contribution in [0.2, 0.25) is 0 Å². The molecule has 1 fully saturated rings. The van der Waals surface area contributed by atoms with E-state index in [4.69, 9.17) is 4.74 Å². The van der Waals surface area contributed by atoms with Crippen LogP contribution in [0.4, 0.5) is 0 Å². The maximum absolute atomic E-state index is 12.1. The topological polar surface area (TPSA) is 60.4 Å². The van der Waals surface area contributed by atoms with Crippen molar-refractivity contribution in [1.82, 2.24) is 0 Å². The number of hydrogen-bond donors (Lipinski definition) is 0. The van der Waals surface area contributed by atoms with Crippen molar-refractivity contribution in [3.05, 3.63) is 0 Å². The number of ether oxygens (including phenoxy) is 1. The van der Waals surface area contributed by atoms with Crippen LogP contribution in [0.25, 0.3) is 0 Å². The van der Waals surface area contributed by atoms with Crippen molar-refractivity contribution in [3.63, 3.8) is 0 Å². The van der Waals surface area contributed by atoms with Gasteiger partial charge in [-0.05, 0) is 25.7 Å². The summed E-state index contributed by atoms with van der Waals surface area (Å²) >= 11 is 0. The average molecular weight is 250 g/mol. The zero-order valence-electron chi connectivity index (χ0n) is 10.9. The Balaban J connectivity index is 2.94. The first-order valence-corrected chi connectivity index (χ1v) is 6.23. The van der Waals surface area contributed by atoms with Crippen molar-refractivity contribution in [2.75, 3.05) is 6.61 Å². The second-order valence-electron chi connectivity index (χ2n) is 4.47. The summed E-state index contributed by atoms with van der Waals surface area (Å²) in [5, 5.41) is 0. The van der Waals surface area contributed by atoms with E-state index in [0.717, 1.165) is 12.8 Å².